The molecule has 0 aliphatic rings. The van der Waals surface area contributed by atoms with Crippen LogP contribution in [0.4, 0.5) is 0 Å². The Morgan fingerprint density at radius 1 is 0.667 bits per heavy atom. The van der Waals surface area contributed by atoms with E-state index in [2.05, 4.69) is 0 Å². The smallest absolute Gasteiger partial charge is 0.542 e. The van der Waals surface area contributed by atoms with Crippen LogP contribution in [0.5, 0.6) is 0 Å². The summed E-state index contributed by atoms with van der Waals surface area (Å²) in [5.74, 6) is -3.79. The summed E-state index contributed by atoms with van der Waals surface area (Å²) in [6.45, 7) is 14.8. The molecule has 0 N–H and O–H groups in total. The summed E-state index contributed by atoms with van der Waals surface area (Å²) in [5, 5.41) is 20.7. The van der Waals surface area contributed by atoms with E-state index in [0.717, 1.165) is 12.8 Å². The van der Waals surface area contributed by atoms with Crippen LogP contribution in [0.15, 0.2) is 0 Å². The van der Waals surface area contributed by atoms with Gasteiger partial charge in [0.2, 0.25) is 0 Å². The van der Waals surface area contributed by atoms with Crippen LogP contribution in [-0.4, -0.2) is 23.5 Å². The van der Waals surface area contributed by atoms with E-state index in [1.165, 1.54) is 0 Å². The van der Waals surface area contributed by atoms with Gasteiger partial charge in [0.05, 0.1) is 0 Å². The molecule has 0 rings (SSSR count). The quantitative estimate of drug-likeness (QED) is 0.381. The first-order chi connectivity index (χ1) is 11.5. The van der Waals surface area contributed by atoms with Crippen LogP contribution in [0.3, 0.4) is 0 Å². The second-order valence-corrected chi connectivity index (χ2v) is 8.87. The van der Waals surface area contributed by atoms with Gasteiger partial charge in [0.1, 0.15) is 11.9 Å². The van der Waals surface area contributed by atoms with Gasteiger partial charge in [-0.2, -0.15) is 0 Å². The largest absolute Gasteiger partial charge is 2.00 e. The zero-order valence-corrected chi connectivity index (χ0v) is 18.7. The summed E-state index contributed by atoms with van der Waals surface area (Å²) in [5.41, 5.74) is -1.58. The van der Waals surface area contributed by atoms with Crippen LogP contribution in [0.25, 0.3) is 0 Å². The number of carboxylic acids is 2. The number of Topliss-reactive ketones (excluding diaryl/α,β-unsaturated/α-hetero) is 2. The molecule has 0 aromatic heterocycles. The van der Waals surface area contributed by atoms with Crippen molar-refractivity contribution in [2.75, 3.05) is 0 Å². The summed E-state index contributed by atoms with van der Waals surface area (Å²) < 4.78 is 0. The number of carboxylic acid groups (broad SMARTS) is 2. The monoisotopic (exact) mass is 433 g/mol. The molecule has 0 atom stereocenters. The Balaban J connectivity index is -0.000000411. The van der Waals surface area contributed by atoms with Crippen molar-refractivity contribution in [2.24, 2.45) is 22.7 Å². The number of carbonyl (C=O) groups is 4. The van der Waals surface area contributed by atoms with Gasteiger partial charge in [0.15, 0.2) is 11.6 Å². The van der Waals surface area contributed by atoms with E-state index in [1.54, 1.807) is 27.7 Å². The molecule has 0 bridgehead atoms. The molecule has 27 heavy (non-hydrogen) atoms. The van der Waals surface area contributed by atoms with E-state index >= 15 is 0 Å². The summed E-state index contributed by atoms with van der Waals surface area (Å²) in [6.07, 6.45) is 2.90. The van der Waals surface area contributed by atoms with Gasteiger partial charge >= 0.3 is 17.1 Å². The summed E-state index contributed by atoms with van der Waals surface area (Å²) in [4.78, 5) is 42.9. The molecule has 1 radical (unpaired) electrons. The molecule has 0 aromatic carbocycles. The van der Waals surface area contributed by atoms with E-state index in [9.17, 15) is 29.4 Å². The van der Waals surface area contributed by atoms with Crippen LogP contribution in [0.2, 0.25) is 0 Å². The molecule has 0 saturated heterocycles. The molecule has 7 heteroatoms. The number of rotatable bonds is 10. The van der Waals surface area contributed by atoms with Gasteiger partial charge in [0.25, 0.3) is 0 Å². The second kappa shape index (κ2) is 13.1. The van der Waals surface area contributed by atoms with Crippen LogP contribution < -0.4 is 10.2 Å². The van der Waals surface area contributed by atoms with E-state index in [-0.39, 0.29) is 17.1 Å². The Morgan fingerprint density at radius 2 is 0.889 bits per heavy atom. The van der Waals surface area contributed by atoms with Crippen LogP contribution in [0, 0.1) is 22.7 Å². The minimum absolute atomic E-state index is 0. The number of ketones is 2. The second-order valence-electron chi connectivity index (χ2n) is 8.87. The van der Waals surface area contributed by atoms with Crippen molar-refractivity contribution < 1.29 is 46.5 Å². The third-order valence-corrected chi connectivity index (χ3v) is 4.29. The molecule has 0 aliphatic carbocycles. The molecule has 0 heterocycles. The molecule has 0 spiro atoms. The van der Waals surface area contributed by atoms with Gasteiger partial charge in [-0.1, -0.05) is 68.2 Å². The van der Waals surface area contributed by atoms with Gasteiger partial charge in [-0.05, 0) is 24.7 Å². The molecule has 6 nitrogen and oxygen atoms in total. The molecule has 0 fully saturated rings. The predicted octanol–water partition coefficient (Wildman–Crippen LogP) is 1.53. The molecule has 0 aromatic rings. The number of carbonyl (C=O) groups excluding carboxylic acids is 4. The number of aliphatic carboxylic acids is 2. The van der Waals surface area contributed by atoms with E-state index < -0.39 is 34.3 Å². The number of hydrogen-bond donors (Lipinski definition) is 0. The van der Waals surface area contributed by atoms with Crippen molar-refractivity contribution >= 4 is 23.5 Å². The summed E-state index contributed by atoms with van der Waals surface area (Å²) in [7, 11) is 0. The van der Waals surface area contributed by atoms with Crippen molar-refractivity contribution in [1.29, 1.82) is 0 Å². The predicted molar refractivity (Wildman–Crippen MR) is 95.7 cm³/mol. The van der Waals surface area contributed by atoms with Crippen LogP contribution in [0.1, 0.15) is 81.1 Å². The maximum atomic E-state index is 11.1. The van der Waals surface area contributed by atoms with Crippen molar-refractivity contribution in [3.05, 3.63) is 0 Å². The van der Waals surface area contributed by atoms with Crippen LogP contribution >= 0.6 is 0 Å². The fourth-order valence-electron chi connectivity index (χ4n) is 2.08. The van der Waals surface area contributed by atoms with Crippen molar-refractivity contribution in [1.82, 2.24) is 0 Å². The zero-order valence-electron chi connectivity index (χ0n) is 17.7. The standard InChI is InChI=1S/2C10H18O3.Cu/c2*1-7(2)5-6-10(3,4)8(11)9(12)13;/h2*7H,5-6H2,1-4H3,(H,12,13);/q;;+2/p-2. The Morgan fingerprint density at radius 3 is 1.04 bits per heavy atom. The van der Waals surface area contributed by atoms with Crippen molar-refractivity contribution in [2.45, 2.75) is 81.1 Å². The number of hydrogen-bond acceptors (Lipinski definition) is 6. The minimum Gasteiger partial charge on any atom is -0.542 e. The Bertz CT molecular complexity index is 461. The first kappa shape index (κ1) is 30.5. The van der Waals surface area contributed by atoms with Gasteiger partial charge in [-0.15, -0.1) is 0 Å². The maximum absolute atomic E-state index is 11.1. The molecule has 0 aliphatic heterocycles. The SMILES string of the molecule is CC(C)CCC(C)(C)C(=O)C(=O)[O-].CC(C)CCC(C)(C)C(=O)C(=O)[O-].[Cu+2]. The average Bonchev–Trinajstić information content (AvgIpc) is 2.50. The maximum Gasteiger partial charge on any atom is 2.00 e. The topological polar surface area (TPSA) is 114 Å². The minimum atomic E-state index is -1.58. The molecular weight excluding hydrogens is 400 g/mol. The normalized spacial score (nSPS) is 11.3. The molecule has 0 amide bonds. The third kappa shape index (κ3) is 13.6. The summed E-state index contributed by atoms with van der Waals surface area (Å²) >= 11 is 0. The summed E-state index contributed by atoms with van der Waals surface area (Å²) in [6, 6.07) is 0. The van der Waals surface area contributed by atoms with Gasteiger partial charge in [-0.25, -0.2) is 0 Å². The zero-order chi connectivity index (χ0) is 21.3. The van der Waals surface area contributed by atoms with E-state index in [1.807, 2.05) is 27.7 Å². The van der Waals surface area contributed by atoms with Gasteiger partial charge in [0, 0.05) is 10.8 Å². The van der Waals surface area contributed by atoms with Crippen molar-refractivity contribution in [3.8, 4) is 0 Å². The molecule has 0 unspecified atom stereocenters. The van der Waals surface area contributed by atoms with E-state index in [4.69, 9.17) is 0 Å². The van der Waals surface area contributed by atoms with Gasteiger partial charge in [-0.3, -0.25) is 9.59 Å². The first-order valence-electron chi connectivity index (χ1n) is 9.06. The Labute approximate surface area is 174 Å². The Hall–Kier alpha value is -1.20. The average molecular weight is 434 g/mol. The third-order valence-electron chi connectivity index (χ3n) is 4.29. The molecule has 161 valence electrons. The molecular formula is C20H34CuO6. The van der Waals surface area contributed by atoms with Gasteiger partial charge < -0.3 is 19.8 Å². The van der Waals surface area contributed by atoms with E-state index in [0.29, 0.717) is 24.7 Å². The van der Waals surface area contributed by atoms with Crippen LogP contribution in [-0.2, 0) is 36.2 Å². The first-order valence-corrected chi connectivity index (χ1v) is 9.06. The fourth-order valence-corrected chi connectivity index (χ4v) is 2.08. The fraction of sp³-hybridized carbons (Fsp3) is 0.800. The Kier molecular flexibility index (Phi) is 14.8. The van der Waals surface area contributed by atoms with Crippen molar-refractivity contribution in [3.63, 3.8) is 0 Å². The molecule has 0 saturated carbocycles.